The molecular formula is C15H29N3O. The van der Waals surface area contributed by atoms with Crippen molar-refractivity contribution in [2.75, 3.05) is 39.3 Å². The van der Waals surface area contributed by atoms with Gasteiger partial charge in [0.1, 0.15) is 0 Å². The van der Waals surface area contributed by atoms with Crippen molar-refractivity contribution >= 4 is 5.91 Å². The molecule has 0 radical (unpaired) electrons. The second-order valence-electron chi connectivity index (χ2n) is 5.90. The summed E-state index contributed by atoms with van der Waals surface area (Å²) in [5, 5.41) is 3.32. The largest absolute Gasteiger partial charge is 0.341 e. The SMILES string of the molecule is CCN(CC)CC1CCN(C(=O)[C@@H]2CCCN2)CC1. The van der Waals surface area contributed by atoms with Crippen molar-refractivity contribution < 1.29 is 4.79 Å². The van der Waals surface area contributed by atoms with Crippen LogP contribution < -0.4 is 5.32 Å². The first kappa shape index (κ1) is 14.8. The van der Waals surface area contributed by atoms with Crippen molar-refractivity contribution in [3.8, 4) is 0 Å². The van der Waals surface area contributed by atoms with E-state index in [9.17, 15) is 4.79 Å². The molecule has 0 aromatic rings. The van der Waals surface area contributed by atoms with E-state index in [1.807, 2.05) is 0 Å². The zero-order chi connectivity index (χ0) is 13.7. The highest BCUT2D eigenvalue weighted by atomic mass is 16.2. The maximum absolute atomic E-state index is 12.3. The zero-order valence-corrected chi connectivity index (χ0v) is 12.5. The molecule has 19 heavy (non-hydrogen) atoms. The molecule has 0 aromatic carbocycles. The second-order valence-corrected chi connectivity index (χ2v) is 5.90. The summed E-state index contributed by atoms with van der Waals surface area (Å²) < 4.78 is 0. The predicted octanol–water partition coefficient (Wildman–Crippen LogP) is 1.32. The number of carbonyl (C=O) groups excluding carboxylic acids is 1. The number of carbonyl (C=O) groups is 1. The summed E-state index contributed by atoms with van der Waals surface area (Å²) in [5.41, 5.74) is 0. The van der Waals surface area contributed by atoms with Crippen LogP contribution in [-0.4, -0.2) is 61.0 Å². The van der Waals surface area contributed by atoms with Gasteiger partial charge in [0.2, 0.25) is 5.91 Å². The van der Waals surface area contributed by atoms with Crippen LogP contribution in [0.2, 0.25) is 0 Å². The Morgan fingerprint density at radius 2 is 1.89 bits per heavy atom. The summed E-state index contributed by atoms with van der Waals surface area (Å²) in [4.78, 5) is 16.9. The Morgan fingerprint density at radius 1 is 1.21 bits per heavy atom. The van der Waals surface area contributed by atoms with Gasteiger partial charge in [0.05, 0.1) is 6.04 Å². The van der Waals surface area contributed by atoms with Crippen LogP contribution in [0.5, 0.6) is 0 Å². The number of amides is 1. The molecule has 0 aliphatic carbocycles. The third-order valence-corrected chi connectivity index (χ3v) is 4.70. The Bertz CT molecular complexity index is 277. The number of nitrogens with zero attached hydrogens (tertiary/aromatic N) is 2. The Morgan fingerprint density at radius 3 is 2.42 bits per heavy atom. The molecule has 1 N–H and O–H groups in total. The van der Waals surface area contributed by atoms with Gasteiger partial charge in [0.25, 0.3) is 0 Å². The number of rotatable bonds is 5. The number of nitrogens with one attached hydrogen (secondary N) is 1. The van der Waals surface area contributed by atoms with E-state index in [2.05, 4.69) is 29.0 Å². The highest BCUT2D eigenvalue weighted by Crippen LogP contribution is 2.20. The van der Waals surface area contributed by atoms with Crippen LogP contribution >= 0.6 is 0 Å². The van der Waals surface area contributed by atoms with Crippen molar-refractivity contribution in [1.29, 1.82) is 0 Å². The minimum atomic E-state index is 0.110. The van der Waals surface area contributed by atoms with Crippen LogP contribution in [0.15, 0.2) is 0 Å². The third-order valence-electron chi connectivity index (χ3n) is 4.70. The summed E-state index contributed by atoms with van der Waals surface area (Å²) in [5.74, 6) is 1.12. The Kier molecular flexibility index (Phi) is 5.64. The Hall–Kier alpha value is -0.610. The maximum atomic E-state index is 12.3. The van der Waals surface area contributed by atoms with E-state index in [0.717, 1.165) is 51.5 Å². The monoisotopic (exact) mass is 267 g/mol. The lowest BCUT2D eigenvalue weighted by atomic mass is 9.95. The van der Waals surface area contributed by atoms with E-state index < -0.39 is 0 Å². The molecule has 0 bridgehead atoms. The van der Waals surface area contributed by atoms with Crippen molar-refractivity contribution in [3.05, 3.63) is 0 Å². The molecule has 1 atom stereocenters. The molecule has 1 amide bonds. The lowest BCUT2D eigenvalue weighted by molar-refractivity contribution is -0.134. The molecule has 0 aromatic heterocycles. The van der Waals surface area contributed by atoms with Crippen molar-refractivity contribution in [2.24, 2.45) is 5.92 Å². The van der Waals surface area contributed by atoms with Crippen LogP contribution in [-0.2, 0) is 4.79 Å². The zero-order valence-electron chi connectivity index (χ0n) is 12.5. The first-order chi connectivity index (χ1) is 9.24. The van der Waals surface area contributed by atoms with E-state index in [-0.39, 0.29) is 6.04 Å². The summed E-state index contributed by atoms with van der Waals surface area (Å²) in [7, 11) is 0. The lowest BCUT2D eigenvalue weighted by Gasteiger charge is -2.35. The maximum Gasteiger partial charge on any atom is 0.239 e. The van der Waals surface area contributed by atoms with E-state index in [1.165, 1.54) is 19.4 Å². The van der Waals surface area contributed by atoms with Crippen molar-refractivity contribution in [3.63, 3.8) is 0 Å². The van der Waals surface area contributed by atoms with Crippen LogP contribution in [0, 0.1) is 5.92 Å². The fraction of sp³-hybridized carbons (Fsp3) is 0.933. The first-order valence-electron chi connectivity index (χ1n) is 7.99. The van der Waals surface area contributed by atoms with E-state index in [4.69, 9.17) is 0 Å². The minimum Gasteiger partial charge on any atom is -0.341 e. The molecule has 4 heteroatoms. The summed E-state index contributed by atoms with van der Waals surface area (Å²) >= 11 is 0. The van der Waals surface area contributed by atoms with Gasteiger partial charge in [0, 0.05) is 19.6 Å². The molecule has 0 spiro atoms. The number of piperidine rings is 1. The van der Waals surface area contributed by atoms with Crippen molar-refractivity contribution in [2.45, 2.75) is 45.6 Å². The third kappa shape index (κ3) is 3.93. The molecule has 2 rings (SSSR count). The van der Waals surface area contributed by atoms with Crippen molar-refractivity contribution in [1.82, 2.24) is 15.1 Å². The molecule has 0 unspecified atom stereocenters. The first-order valence-corrected chi connectivity index (χ1v) is 7.99. The van der Waals surface area contributed by atoms with E-state index in [1.54, 1.807) is 0 Å². The average Bonchev–Trinajstić information content (AvgIpc) is 2.99. The summed E-state index contributed by atoms with van der Waals surface area (Å²) in [6.45, 7) is 10.9. The number of likely N-dealkylation sites (tertiary alicyclic amines) is 1. The standard InChI is InChI=1S/C15H29N3O/c1-3-17(4-2)12-13-7-10-18(11-8-13)15(19)14-6-5-9-16-14/h13-14,16H,3-12H2,1-2H3/t14-/m0/s1. The van der Waals surface area contributed by atoms with Crippen LogP contribution in [0.1, 0.15) is 39.5 Å². The normalized spacial score (nSPS) is 25.2. The fourth-order valence-corrected chi connectivity index (χ4v) is 3.30. The predicted molar refractivity (Wildman–Crippen MR) is 78.1 cm³/mol. The van der Waals surface area contributed by atoms with Gasteiger partial charge in [-0.3, -0.25) is 4.79 Å². The van der Waals surface area contributed by atoms with Crippen LogP contribution in [0.3, 0.4) is 0 Å². The summed E-state index contributed by atoms with van der Waals surface area (Å²) in [6, 6.07) is 0.110. The van der Waals surface area contributed by atoms with Gasteiger partial charge in [-0.25, -0.2) is 0 Å². The van der Waals surface area contributed by atoms with Gasteiger partial charge in [-0.2, -0.15) is 0 Å². The van der Waals surface area contributed by atoms with Gasteiger partial charge >= 0.3 is 0 Å². The van der Waals surface area contributed by atoms with Gasteiger partial charge in [-0.15, -0.1) is 0 Å². The topological polar surface area (TPSA) is 35.6 Å². The molecule has 2 aliphatic rings. The molecule has 110 valence electrons. The van der Waals surface area contributed by atoms with E-state index >= 15 is 0 Å². The Balaban J connectivity index is 1.74. The quantitative estimate of drug-likeness (QED) is 0.816. The van der Waals surface area contributed by atoms with Gasteiger partial charge in [-0.1, -0.05) is 13.8 Å². The molecule has 2 saturated heterocycles. The minimum absolute atomic E-state index is 0.110. The van der Waals surface area contributed by atoms with Crippen LogP contribution in [0.25, 0.3) is 0 Å². The smallest absolute Gasteiger partial charge is 0.239 e. The fourth-order valence-electron chi connectivity index (χ4n) is 3.30. The molecule has 0 saturated carbocycles. The number of hydrogen-bond donors (Lipinski definition) is 1. The van der Waals surface area contributed by atoms with Gasteiger partial charge < -0.3 is 15.1 Å². The Labute approximate surface area is 117 Å². The molecular weight excluding hydrogens is 238 g/mol. The molecule has 2 heterocycles. The second kappa shape index (κ2) is 7.25. The average molecular weight is 267 g/mol. The van der Waals surface area contributed by atoms with Gasteiger partial charge in [-0.05, 0) is 51.2 Å². The molecule has 2 fully saturated rings. The van der Waals surface area contributed by atoms with Crippen LogP contribution in [0.4, 0.5) is 0 Å². The van der Waals surface area contributed by atoms with E-state index in [0.29, 0.717) is 5.91 Å². The number of hydrogen-bond acceptors (Lipinski definition) is 3. The van der Waals surface area contributed by atoms with Gasteiger partial charge in [0.15, 0.2) is 0 Å². The highest BCUT2D eigenvalue weighted by molar-refractivity contribution is 5.82. The molecule has 2 aliphatic heterocycles. The highest BCUT2D eigenvalue weighted by Gasteiger charge is 2.29. The lowest BCUT2D eigenvalue weighted by Crippen LogP contribution is -2.48. The molecule has 4 nitrogen and oxygen atoms in total. The summed E-state index contributed by atoms with van der Waals surface area (Å²) in [6.07, 6.45) is 4.52.